The normalized spacial score (nSPS) is 10.6. The van der Waals surface area contributed by atoms with Crippen LogP contribution >= 0.6 is 0 Å². The number of aromatic nitrogens is 2. The molecular formula is C13H22N4O2. The molecule has 6 heteroatoms. The molecule has 6 nitrogen and oxygen atoms in total. The molecule has 0 amide bonds. The first-order valence-electron chi connectivity index (χ1n) is 6.44. The molecule has 1 heterocycles. The van der Waals surface area contributed by atoms with Crippen LogP contribution in [0.2, 0.25) is 0 Å². The maximum Gasteiger partial charge on any atom is 0.341 e. The van der Waals surface area contributed by atoms with E-state index in [2.05, 4.69) is 20.2 Å². The van der Waals surface area contributed by atoms with Crippen molar-refractivity contribution in [3.63, 3.8) is 0 Å². The smallest absolute Gasteiger partial charge is 0.341 e. The number of aryl methyl sites for hydroxylation is 1. The molecule has 0 aliphatic rings. The number of carbonyl (C=O) groups is 1. The van der Waals surface area contributed by atoms with Gasteiger partial charge in [-0.15, -0.1) is 0 Å². The first-order chi connectivity index (χ1) is 9.04. The van der Waals surface area contributed by atoms with Crippen molar-refractivity contribution in [1.29, 1.82) is 0 Å². The summed E-state index contributed by atoms with van der Waals surface area (Å²) in [5.41, 5.74) is 1.05. The van der Waals surface area contributed by atoms with Crippen LogP contribution in [0.3, 0.4) is 0 Å². The van der Waals surface area contributed by atoms with E-state index in [1.165, 1.54) is 6.20 Å². The number of hydrogen-bond donors (Lipinski definition) is 1. The van der Waals surface area contributed by atoms with Crippen molar-refractivity contribution in [3.8, 4) is 0 Å². The Morgan fingerprint density at radius 2 is 2.21 bits per heavy atom. The highest BCUT2D eigenvalue weighted by atomic mass is 16.5. The van der Waals surface area contributed by atoms with Crippen LogP contribution in [-0.2, 0) is 4.74 Å². The minimum Gasteiger partial charge on any atom is -0.462 e. The third-order valence-electron chi connectivity index (χ3n) is 2.54. The standard InChI is InChI=1S/C13H22N4O2/c1-5-19-12(18)11-9-15-13(16-10(11)2)14-7-6-8-17(3)4/h9H,5-8H2,1-4H3,(H,14,15,16). The molecule has 0 bridgehead atoms. The number of anilines is 1. The Bertz CT molecular complexity index is 421. The van der Waals surface area contributed by atoms with Gasteiger partial charge in [0.25, 0.3) is 0 Å². The number of esters is 1. The van der Waals surface area contributed by atoms with E-state index in [9.17, 15) is 4.79 Å². The second-order valence-corrected chi connectivity index (χ2v) is 4.50. The average Bonchev–Trinajstić information content (AvgIpc) is 2.34. The Balaban J connectivity index is 2.54. The topological polar surface area (TPSA) is 67.3 Å². The molecule has 106 valence electrons. The van der Waals surface area contributed by atoms with E-state index in [4.69, 9.17) is 4.74 Å². The monoisotopic (exact) mass is 266 g/mol. The Morgan fingerprint density at radius 3 is 2.79 bits per heavy atom. The van der Waals surface area contributed by atoms with E-state index in [-0.39, 0.29) is 5.97 Å². The number of nitrogens with one attached hydrogen (secondary N) is 1. The predicted molar refractivity (Wildman–Crippen MR) is 74.4 cm³/mol. The lowest BCUT2D eigenvalue weighted by atomic mass is 10.2. The van der Waals surface area contributed by atoms with Gasteiger partial charge in [0.1, 0.15) is 0 Å². The van der Waals surface area contributed by atoms with E-state index in [0.717, 1.165) is 19.5 Å². The molecule has 0 fully saturated rings. The molecular weight excluding hydrogens is 244 g/mol. The summed E-state index contributed by atoms with van der Waals surface area (Å²) in [5, 5.41) is 3.14. The number of carbonyl (C=O) groups excluding carboxylic acids is 1. The third-order valence-corrected chi connectivity index (χ3v) is 2.54. The van der Waals surface area contributed by atoms with Gasteiger partial charge in [-0.2, -0.15) is 0 Å². The van der Waals surface area contributed by atoms with Crippen molar-refractivity contribution >= 4 is 11.9 Å². The number of nitrogens with zero attached hydrogens (tertiary/aromatic N) is 3. The molecule has 1 aromatic heterocycles. The molecule has 0 spiro atoms. The van der Waals surface area contributed by atoms with Gasteiger partial charge in [-0.05, 0) is 40.9 Å². The highest BCUT2D eigenvalue weighted by Gasteiger charge is 2.12. The van der Waals surface area contributed by atoms with E-state index in [1.807, 2.05) is 14.1 Å². The second kappa shape index (κ2) is 7.68. The average molecular weight is 266 g/mol. The van der Waals surface area contributed by atoms with Gasteiger partial charge in [-0.25, -0.2) is 14.8 Å². The fraction of sp³-hybridized carbons (Fsp3) is 0.615. The number of ether oxygens (including phenoxy) is 1. The van der Waals surface area contributed by atoms with Crippen molar-refractivity contribution in [2.45, 2.75) is 20.3 Å². The molecule has 1 N–H and O–H groups in total. The van der Waals surface area contributed by atoms with Crippen LogP contribution in [0.15, 0.2) is 6.20 Å². The van der Waals surface area contributed by atoms with Crippen LogP contribution in [0.1, 0.15) is 29.4 Å². The molecule has 19 heavy (non-hydrogen) atoms. The van der Waals surface area contributed by atoms with Crippen molar-refractivity contribution in [2.24, 2.45) is 0 Å². The lowest BCUT2D eigenvalue weighted by Crippen LogP contribution is -2.17. The van der Waals surface area contributed by atoms with E-state index < -0.39 is 0 Å². The van der Waals surface area contributed by atoms with E-state index >= 15 is 0 Å². The van der Waals surface area contributed by atoms with Gasteiger partial charge in [-0.1, -0.05) is 0 Å². The van der Waals surface area contributed by atoms with E-state index in [0.29, 0.717) is 23.8 Å². The molecule has 0 aliphatic heterocycles. The van der Waals surface area contributed by atoms with Gasteiger partial charge in [0.15, 0.2) is 0 Å². The zero-order valence-electron chi connectivity index (χ0n) is 12.1. The lowest BCUT2D eigenvalue weighted by Gasteiger charge is -2.10. The fourth-order valence-corrected chi connectivity index (χ4v) is 1.56. The zero-order chi connectivity index (χ0) is 14.3. The van der Waals surface area contributed by atoms with Crippen LogP contribution in [-0.4, -0.2) is 54.6 Å². The Labute approximate surface area is 114 Å². The van der Waals surface area contributed by atoms with Crippen LogP contribution in [0.25, 0.3) is 0 Å². The Hall–Kier alpha value is -1.69. The van der Waals surface area contributed by atoms with Crippen LogP contribution in [0, 0.1) is 6.92 Å². The molecule has 0 unspecified atom stereocenters. The summed E-state index contributed by atoms with van der Waals surface area (Å²) in [6.45, 7) is 5.71. The van der Waals surface area contributed by atoms with Crippen LogP contribution in [0.5, 0.6) is 0 Å². The highest BCUT2D eigenvalue weighted by Crippen LogP contribution is 2.08. The van der Waals surface area contributed by atoms with Gasteiger partial charge in [0.05, 0.1) is 17.9 Å². The van der Waals surface area contributed by atoms with Crippen LogP contribution in [0.4, 0.5) is 5.95 Å². The number of rotatable bonds is 7. The minimum atomic E-state index is -0.376. The molecule has 1 rings (SSSR count). The zero-order valence-corrected chi connectivity index (χ0v) is 12.1. The molecule has 0 saturated heterocycles. The summed E-state index contributed by atoms with van der Waals surface area (Å²) in [4.78, 5) is 22.1. The van der Waals surface area contributed by atoms with Gasteiger partial charge >= 0.3 is 5.97 Å². The highest BCUT2D eigenvalue weighted by molar-refractivity contribution is 5.90. The molecule has 0 saturated carbocycles. The summed E-state index contributed by atoms with van der Waals surface area (Å²) in [6, 6.07) is 0. The van der Waals surface area contributed by atoms with Gasteiger partial charge in [-0.3, -0.25) is 0 Å². The molecule has 0 radical (unpaired) electrons. The summed E-state index contributed by atoms with van der Waals surface area (Å²) < 4.78 is 4.93. The molecule has 1 aromatic rings. The molecule has 0 atom stereocenters. The van der Waals surface area contributed by atoms with Crippen LogP contribution < -0.4 is 5.32 Å². The minimum absolute atomic E-state index is 0.350. The third kappa shape index (κ3) is 5.21. The quantitative estimate of drug-likeness (QED) is 0.593. The summed E-state index contributed by atoms with van der Waals surface area (Å²) in [5.74, 6) is 0.170. The predicted octanol–water partition coefficient (Wildman–Crippen LogP) is 1.33. The van der Waals surface area contributed by atoms with Crippen molar-refractivity contribution in [3.05, 3.63) is 17.5 Å². The first kappa shape index (κ1) is 15.4. The summed E-state index contributed by atoms with van der Waals surface area (Å²) in [7, 11) is 4.07. The van der Waals surface area contributed by atoms with E-state index in [1.54, 1.807) is 13.8 Å². The number of hydrogen-bond acceptors (Lipinski definition) is 6. The first-order valence-corrected chi connectivity index (χ1v) is 6.44. The maximum atomic E-state index is 11.6. The Morgan fingerprint density at radius 1 is 1.47 bits per heavy atom. The van der Waals surface area contributed by atoms with Gasteiger partial charge < -0.3 is 15.0 Å². The van der Waals surface area contributed by atoms with Crippen molar-refractivity contribution in [2.75, 3.05) is 39.1 Å². The van der Waals surface area contributed by atoms with Gasteiger partial charge in [0.2, 0.25) is 5.95 Å². The maximum absolute atomic E-state index is 11.6. The molecule has 0 aliphatic carbocycles. The van der Waals surface area contributed by atoms with Crippen molar-refractivity contribution < 1.29 is 9.53 Å². The van der Waals surface area contributed by atoms with Crippen molar-refractivity contribution in [1.82, 2.24) is 14.9 Å². The second-order valence-electron chi connectivity index (χ2n) is 4.50. The SMILES string of the molecule is CCOC(=O)c1cnc(NCCCN(C)C)nc1C. The lowest BCUT2D eigenvalue weighted by molar-refractivity contribution is 0.0524. The summed E-state index contributed by atoms with van der Waals surface area (Å²) in [6.07, 6.45) is 2.52. The van der Waals surface area contributed by atoms with Gasteiger partial charge in [0, 0.05) is 12.7 Å². The Kier molecular flexibility index (Phi) is 6.21. The molecule has 0 aromatic carbocycles. The fourth-order valence-electron chi connectivity index (χ4n) is 1.56. The largest absolute Gasteiger partial charge is 0.462 e. The summed E-state index contributed by atoms with van der Waals surface area (Å²) >= 11 is 0.